The van der Waals surface area contributed by atoms with E-state index in [0.717, 1.165) is 30.7 Å². The number of benzene rings is 1. The third kappa shape index (κ3) is 4.61. The molecule has 2 N–H and O–H groups in total. The van der Waals surface area contributed by atoms with Crippen molar-refractivity contribution in [3.05, 3.63) is 57.5 Å². The summed E-state index contributed by atoms with van der Waals surface area (Å²) in [4.78, 5) is 48.2. The Morgan fingerprint density at radius 1 is 1.18 bits per heavy atom. The van der Waals surface area contributed by atoms with E-state index in [-0.39, 0.29) is 16.8 Å². The maximum absolute atomic E-state index is 13.1. The second-order valence-electron chi connectivity index (χ2n) is 9.40. The van der Waals surface area contributed by atoms with Gasteiger partial charge in [-0.3, -0.25) is 19.7 Å². The number of hydrogen-bond acceptors (Lipinski definition) is 5. The zero-order chi connectivity index (χ0) is 23.8. The number of anilines is 1. The van der Waals surface area contributed by atoms with Gasteiger partial charge in [-0.15, -0.1) is 0 Å². The molecule has 33 heavy (non-hydrogen) atoms. The number of likely N-dealkylation sites (N-methyl/N-ethyl adjacent to an activating group) is 1. The van der Waals surface area contributed by atoms with Crippen LogP contribution in [0.2, 0.25) is 0 Å². The summed E-state index contributed by atoms with van der Waals surface area (Å²) < 4.78 is 1.96. The van der Waals surface area contributed by atoms with Crippen molar-refractivity contribution in [2.75, 3.05) is 25.0 Å². The van der Waals surface area contributed by atoms with Crippen LogP contribution >= 0.6 is 0 Å². The Morgan fingerprint density at radius 3 is 2.64 bits per heavy atom. The molecule has 2 heterocycles. The van der Waals surface area contributed by atoms with Gasteiger partial charge in [0.2, 0.25) is 5.95 Å². The highest BCUT2D eigenvalue weighted by Crippen LogP contribution is 2.33. The number of fused-ring (bicyclic) bond motifs is 2. The van der Waals surface area contributed by atoms with Gasteiger partial charge in [0.25, 0.3) is 11.5 Å². The zero-order valence-corrected chi connectivity index (χ0v) is 19.7. The number of carbonyl (C=O) groups is 2. The third-order valence-electron chi connectivity index (χ3n) is 6.38. The first-order chi connectivity index (χ1) is 15.7. The van der Waals surface area contributed by atoms with E-state index in [1.165, 1.54) is 6.07 Å². The van der Waals surface area contributed by atoms with Crippen LogP contribution < -0.4 is 10.9 Å². The van der Waals surface area contributed by atoms with Crippen LogP contribution in [0.3, 0.4) is 0 Å². The number of Topliss-reactive ketones (excluding diaryl/α,β-unsaturated/α-hetero) is 1. The molecule has 1 aromatic carbocycles. The Kier molecular flexibility index (Phi) is 6.21. The van der Waals surface area contributed by atoms with Gasteiger partial charge < -0.3 is 14.5 Å². The van der Waals surface area contributed by atoms with E-state index in [1.807, 2.05) is 42.7 Å². The number of pyridine rings is 1. The summed E-state index contributed by atoms with van der Waals surface area (Å²) in [7, 11) is 0. The zero-order valence-electron chi connectivity index (χ0n) is 19.7. The van der Waals surface area contributed by atoms with Crippen LogP contribution in [0.25, 0.3) is 11.0 Å². The first-order valence-electron chi connectivity index (χ1n) is 11.5. The van der Waals surface area contributed by atoms with Gasteiger partial charge in [-0.25, -0.2) is 4.98 Å². The number of nitrogens with one attached hydrogen (secondary N) is 2. The first kappa shape index (κ1) is 22.9. The molecule has 0 radical (unpaired) electrons. The monoisotopic (exact) mass is 449 g/mol. The van der Waals surface area contributed by atoms with Crippen molar-refractivity contribution in [2.45, 2.75) is 47.1 Å². The fourth-order valence-electron chi connectivity index (χ4n) is 4.54. The second-order valence-corrected chi connectivity index (χ2v) is 9.40. The van der Waals surface area contributed by atoms with E-state index in [1.54, 1.807) is 0 Å². The van der Waals surface area contributed by atoms with E-state index in [2.05, 4.69) is 34.0 Å². The lowest BCUT2D eigenvalue weighted by molar-refractivity contribution is 0.0910. The SMILES string of the molecule is CCN(CC)CCn1c(NC(=O)c2cc3c([nH]c2=O)CC(C)(C)CC3=O)nc2ccccc21. The molecule has 0 fully saturated rings. The number of rotatable bonds is 7. The minimum absolute atomic E-state index is 0.0574. The lowest BCUT2D eigenvalue weighted by atomic mass is 9.75. The van der Waals surface area contributed by atoms with Gasteiger partial charge in [0.1, 0.15) is 5.56 Å². The Bertz CT molecular complexity index is 1270. The predicted molar refractivity (Wildman–Crippen MR) is 129 cm³/mol. The molecule has 0 aliphatic heterocycles. The average Bonchev–Trinajstić information content (AvgIpc) is 3.10. The van der Waals surface area contributed by atoms with Gasteiger partial charge in [0.15, 0.2) is 5.78 Å². The Morgan fingerprint density at radius 2 is 1.91 bits per heavy atom. The number of aromatic amines is 1. The van der Waals surface area contributed by atoms with Crippen LogP contribution in [0.5, 0.6) is 0 Å². The van der Waals surface area contributed by atoms with Crippen LogP contribution in [-0.4, -0.2) is 50.8 Å². The van der Waals surface area contributed by atoms with Gasteiger partial charge in [0, 0.05) is 30.8 Å². The molecule has 1 amide bonds. The molecule has 0 unspecified atom stereocenters. The minimum atomic E-state index is -0.573. The van der Waals surface area contributed by atoms with E-state index >= 15 is 0 Å². The molecule has 0 spiro atoms. The van der Waals surface area contributed by atoms with E-state index in [4.69, 9.17) is 0 Å². The largest absolute Gasteiger partial charge is 0.325 e. The van der Waals surface area contributed by atoms with Crippen LogP contribution in [0.1, 0.15) is 60.5 Å². The number of aromatic nitrogens is 3. The molecule has 8 nitrogen and oxygen atoms in total. The molecular weight excluding hydrogens is 418 g/mol. The summed E-state index contributed by atoms with van der Waals surface area (Å²) in [6.07, 6.45) is 0.973. The fraction of sp³-hybridized carbons (Fsp3) is 0.440. The lowest BCUT2D eigenvalue weighted by Gasteiger charge is -2.29. The number of carbonyl (C=O) groups excluding carboxylic acids is 2. The van der Waals surface area contributed by atoms with E-state index < -0.39 is 11.5 Å². The second kappa shape index (κ2) is 8.94. The Balaban J connectivity index is 1.66. The fourth-order valence-corrected chi connectivity index (χ4v) is 4.54. The van der Waals surface area contributed by atoms with E-state index in [0.29, 0.717) is 36.6 Å². The number of hydrogen-bond donors (Lipinski definition) is 2. The number of amides is 1. The van der Waals surface area contributed by atoms with Crippen LogP contribution in [0.15, 0.2) is 35.1 Å². The van der Waals surface area contributed by atoms with Crippen molar-refractivity contribution in [3.8, 4) is 0 Å². The molecular formula is C25H31N5O3. The van der Waals surface area contributed by atoms with Gasteiger partial charge >= 0.3 is 0 Å². The van der Waals surface area contributed by atoms with Gasteiger partial charge in [0.05, 0.1) is 11.0 Å². The standard InChI is InChI=1S/C25H31N5O3/c1-5-29(6-2)11-12-30-20-10-8-7-9-18(20)27-24(30)28-23(33)17-13-16-19(26-22(17)32)14-25(3,4)15-21(16)31/h7-10,13H,5-6,11-12,14-15H2,1-4H3,(H,26,32)(H,27,28,33). The normalized spacial score (nSPS) is 15.1. The molecule has 2 aromatic heterocycles. The summed E-state index contributed by atoms with van der Waals surface area (Å²) in [5, 5.41) is 2.82. The van der Waals surface area contributed by atoms with Gasteiger partial charge in [-0.05, 0) is 43.1 Å². The number of ketones is 1. The lowest BCUT2D eigenvalue weighted by Crippen LogP contribution is -2.33. The maximum atomic E-state index is 13.1. The molecule has 0 bridgehead atoms. The highest BCUT2D eigenvalue weighted by atomic mass is 16.2. The number of para-hydroxylation sites is 2. The smallest absolute Gasteiger partial charge is 0.263 e. The quantitative estimate of drug-likeness (QED) is 0.575. The molecule has 1 aliphatic rings. The predicted octanol–water partition coefficient (Wildman–Crippen LogP) is 3.47. The highest BCUT2D eigenvalue weighted by Gasteiger charge is 2.32. The summed E-state index contributed by atoms with van der Waals surface area (Å²) in [5.74, 6) is -0.243. The first-order valence-corrected chi connectivity index (χ1v) is 11.5. The van der Waals surface area contributed by atoms with Crippen molar-refractivity contribution >= 4 is 28.7 Å². The number of H-pyrrole nitrogens is 1. The molecule has 174 valence electrons. The molecule has 0 saturated carbocycles. The molecule has 4 rings (SSSR count). The van der Waals surface area contributed by atoms with Crippen molar-refractivity contribution in [1.82, 2.24) is 19.4 Å². The molecule has 8 heteroatoms. The summed E-state index contributed by atoms with van der Waals surface area (Å²) in [5.41, 5.74) is 1.91. The molecule has 3 aromatic rings. The Hall–Kier alpha value is -3.26. The maximum Gasteiger partial charge on any atom is 0.263 e. The van der Waals surface area contributed by atoms with Crippen LogP contribution in [0, 0.1) is 5.41 Å². The number of imidazole rings is 1. The van der Waals surface area contributed by atoms with Crippen molar-refractivity contribution < 1.29 is 9.59 Å². The van der Waals surface area contributed by atoms with E-state index in [9.17, 15) is 14.4 Å². The van der Waals surface area contributed by atoms with Gasteiger partial charge in [-0.1, -0.05) is 39.8 Å². The van der Waals surface area contributed by atoms with Crippen LogP contribution in [0.4, 0.5) is 5.95 Å². The number of nitrogens with zero attached hydrogens (tertiary/aromatic N) is 3. The average molecular weight is 450 g/mol. The molecule has 0 saturated heterocycles. The van der Waals surface area contributed by atoms with Gasteiger partial charge in [-0.2, -0.15) is 0 Å². The summed E-state index contributed by atoms with van der Waals surface area (Å²) in [6.45, 7) is 11.5. The minimum Gasteiger partial charge on any atom is -0.325 e. The Labute approximate surface area is 193 Å². The molecule has 0 atom stereocenters. The topological polar surface area (TPSA) is 100 Å². The van der Waals surface area contributed by atoms with Crippen molar-refractivity contribution in [2.24, 2.45) is 5.41 Å². The third-order valence-corrected chi connectivity index (χ3v) is 6.38. The summed E-state index contributed by atoms with van der Waals surface area (Å²) in [6, 6.07) is 9.13. The summed E-state index contributed by atoms with van der Waals surface area (Å²) >= 11 is 0. The van der Waals surface area contributed by atoms with Crippen molar-refractivity contribution in [3.63, 3.8) is 0 Å². The van der Waals surface area contributed by atoms with Crippen LogP contribution in [-0.2, 0) is 13.0 Å². The highest BCUT2D eigenvalue weighted by molar-refractivity contribution is 6.06. The van der Waals surface area contributed by atoms with Crippen molar-refractivity contribution in [1.29, 1.82) is 0 Å². The molecule has 1 aliphatic carbocycles.